The first-order valence-electron chi connectivity index (χ1n) is 10.7. The van der Waals surface area contributed by atoms with Crippen LogP contribution in [0.2, 0.25) is 20.1 Å². The first-order chi connectivity index (χ1) is 18.9. The average molecular weight is 626 g/mol. The molecule has 3 aromatic carbocycles. The molecule has 4 rings (SSSR count). The van der Waals surface area contributed by atoms with Gasteiger partial charge in [0.25, 0.3) is 17.5 Å². The molecule has 13 nitrogen and oxygen atoms in total. The maximum absolute atomic E-state index is 13.4. The third kappa shape index (κ3) is 5.67. The second kappa shape index (κ2) is 11.4. The van der Waals surface area contributed by atoms with Crippen molar-refractivity contribution in [1.29, 1.82) is 0 Å². The van der Waals surface area contributed by atoms with Crippen molar-refractivity contribution in [3.63, 3.8) is 0 Å². The normalized spacial score (nSPS) is 15.8. The summed E-state index contributed by atoms with van der Waals surface area (Å²) in [6, 6.07) is 10.7. The molecule has 204 valence electrons. The van der Waals surface area contributed by atoms with E-state index in [1.54, 1.807) is 0 Å². The highest BCUT2D eigenvalue weighted by molar-refractivity contribution is 6.62. The van der Waals surface area contributed by atoms with E-state index < -0.39 is 50.6 Å². The summed E-state index contributed by atoms with van der Waals surface area (Å²) in [7, 11) is 0. The molecule has 1 fully saturated rings. The molecule has 1 unspecified atom stereocenters. The maximum atomic E-state index is 13.4. The number of amides is 3. The van der Waals surface area contributed by atoms with Gasteiger partial charge in [-0.2, -0.15) is 5.10 Å². The Morgan fingerprint density at radius 1 is 0.850 bits per heavy atom. The minimum atomic E-state index is -1.87. The molecular weight excluding hydrogens is 614 g/mol. The Morgan fingerprint density at radius 2 is 1.48 bits per heavy atom. The number of hydrogen-bond acceptors (Lipinski definition) is 9. The molecule has 3 aromatic rings. The Balaban J connectivity index is 1.77. The van der Waals surface area contributed by atoms with Crippen molar-refractivity contribution in [2.45, 2.75) is 0 Å². The molecule has 0 radical (unpaired) electrons. The molecule has 0 bridgehead atoms. The van der Waals surface area contributed by atoms with Crippen molar-refractivity contribution >= 4 is 98.3 Å². The highest BCUT2D eigenvalue weighted by Gasteiger charge is 2.50. The third-order valence-corrected chi connectivity index (χ3v) is 6.54. The van der Waals surface area contributed by atoms with Crippen LogP contribution in [0.1, 0.15) is 0 Å². The first-order valence-corrected chi connectivity index (χ1v) is 12.3. The Morgan fingerprint density at radius 3 is 2.08 bits per heavy atom. The number of anilines is 3. The number of carbonyl (C=O) groups excluding carboxylic acids is 3. The number of carbonyl (C=O) groups is 3. The Hall–Kier alpha value is -4.30. The molecule has 1 aliphatic rings. The number of rotatable bonds is 7. The minimum absolute atomic E-state index is 0.0355. The molecule has 1 heterocycles. The summed E-state index contributed by atoms with van der Waals surface area (Å²) < 4.78 is 0. The van der Waals surface area contributed by atoms with Gasteiger partial charge in [-0.05, 0) is 42.5 Å². The van der Waals surface area contributed by atoms with E-state index in [2.05, 4.69) is 15.8 Å². The minimum Gasteiger partial charge on any atom is -0.324 e. The van der Waals surface area contributed by atoms with Crippen LogP contribution in [0.5, 0.6) is 0 Å². The number of nitrogens with zero attached hydrogens (tertiary/aromatic N) is 4. The zero-order valence-corrected chi connectivity index (χ0v) is 22.5. The lowest BCUT2D eigenvalue weighted by Gasteiger charge is -2.16. The van der Waals surface area contributed by atoms with Crippen LogP contribution in [0.3, 0.4) is 0 Å². The van der Waals surface area contributed by atoms with Crippen LogP contribution in [0, 0.1) is 26.1 Å². The maximum Gasteiger partial charge on any atom is 0.301 e. The van der Waals surface area contributed by atoms with E-state index in [0.29, 0.717) is 11.0 Å². The molecule has 2 N–H and O–H groups in total. The van der Waals surface area contributed by atoms with E-state index >= 15 is 0 Å². The van der Waals surface area contributed by atoms with E-state index in [1.165, 1.54) is 36.4 Å². The van der Waals surface area contributed by atoms with E-state index in [9.17, 15) is 34.6 Å². The molecule has 1 aliphatic heterocycles. The molecule has 0 aromatic heterocycles. The third-order valence-electron chi connectivity index (χ3n) is 5.45. The second-order valence-corrected chi connectivity index (χ2v) is 9.63. The molecule has 0 saturated carbocycles. The molecule has 17 heteroatoms. The summed E-state index contributed by atoms with van der Waals surface area (Å²) in [4.78, 5) is 61.5. The lowest BCUT2D eigenvalue weighted by atomic mass is 10.0. The Bertz CT molecular complexity index is 1650. The lowest BCUT2D eigenvalue weighted by Crippen LogP contribution is -2.35. The Kier molecular flexibility index (Phi) is 8.21. The van der Waals surface area contributed by atoms with Crippen LogP contribution >= 0.6 is 46.4 Å². The summed E-state index contributed by atoms with van der Waals surface area (Å²) in [6.07, 6.45) is 0. The van der Waals surface area contributed by atoms with Gasteiger partial charge in [-0.1, -0.05) is 46.4 Å². The van der Waals surface area contributed by atoms with Crippen molar-refractivity contribution in [3.05, 3.63) is 94.9 Å². The summed E-state index contributed by atoms with van der Waals surface area (Å²) in [6.45, 7) is 0. The topological polar surface area (TPSA) is 177 Å². The standard InChI is InChI=1S/C23H12Cl4N6O7/c24-10-1-4-15(13(26)7-10)28-21(34)19-20(23(36)31(22(19)35)17-6-2-11(25)8-14(17)27)30-29-16-5-3-12(32(37)38)9-18(16)33(39)40/h1-9,19,29H,(H,28,34). The zero-order valence-electron chi connectivity index (χ0n) is 19.4. The van der Waals surface area contributed by atoms with Crippen LogP contribution in [-0.2, 0) is 14.4 Å². The molecule has 3 amide bonds. The van der Waals surface area contributed by atoms with Crippen molar-refractivity contribution < 1.29 is 24.2 Å². The van der Waals surface area contributed by atoms with Gasteiger partial charge in [0.15, 0.2) is 5.92 Å². The number of halogens is 4. The van der Waals surface area contributed by atoms with Crippen LogP contribution in [0.25, 0.3) is 0 Å². The van der Waals surface area contributed by atoms with Gasteiger partial charge in [-0.25, -0.2) is 4.90 Å². The van der Waals surface area contributed by atoms with E-state index in [4.69, 9.17) is 46.4 Å². The van der Waals surface area contributed by atoms with Gasteiger partial charge < -0.3 is 5.32 Å². The fraction of sp³-hybridized carbons (Fsp3) is 0.0435. The van der Waals surface area contributed by atoms with Gasteiger partial charge in [0.2, 0.25) is 5.91 Å². The van der Waals surface area contributed by atoms with E-state index in [-0.39, 0.29) is 37.2 Å². The summed E-state index contributed by atoms with van der Waals surface area (Å²) >= 11 is 24.1. The van der Waals surface area contributed by atoms with Crippen LogP contribution in [0.4, 0.5) is 28.4 Å². The molecule has 0 aliphatic carbocycles. The first kappa shape index (κ1) is 28.7. The lowest BCUT2D eigenvalue weighted by molar-refractivity contribution is -0.393. The van der Waals surface area contributed by atoms with Gasteiger partial charge in [-0.3, -0.25) is 40.0 Å². The number of hydrazone groups is 1. The highest BCUT2D eigenvalue weighted by Crippen LogP contribution is 2.35. The Labute approximate surface area is 243 Å². The number of nitro benzene ring substituents is 2. The fourth-order valence-electron chi connectivity index (χ4n) is 3.62. The summed E-state index contributed by atoms with van der Waals surface area (Å²) in [5.74, 6) is -5.01. The van der Waals surface area contributed by atoms with E-state index in [0.717, 1.165) is 12.1 Å². The summed E-state index contributed by atoms with van der Waals surface area (Å²) in [5.41, 5.74) is -0.107. The van der Waals surface area contributed by atoms with Crippen LogP contribution in [-0.4, -0.2) is 33.3 Å². The number of hydrogen-bond donors (Lipinski definition) is 2. The SMILES string of the molecule is O=C(Nc1ccc(Cl)cc1Cl)C1C(=O)N(c2ccc(Cl)cc2Cl)C(=O)C1=NNc1ccc([N+](=O)[O-])cc1[N+](=O)[O-]. The number of benzene rings is 3. The van der Waals surface area contributed by atoms with Gasteiger partial charge >= 0.3 is 5.69 Å². The van der Waals surface area contributed by atoms with Gasteiger partial charge in [0.1, 0.15) is 11.4 Å². The molecule has 40 heavy (non-hydrogen) atoms. The fourth-order valence-corrected chi connectivity index (χ4v) is 4.57. The van der Waals surface area contributed by atoms with Crippen molar-refractivity contribution in [3.8, 4) is 0 Å². The van der Waals surface area contributed by atoms with Gasteiger partial charge in [-0.15, -0.1) is 0 Å². The second-order valence-electron chi connectivity index (χ2n) is 7.95. The summed E-state index contributed by atoms with van der Waals surface area (Å²) in [5, 5.41) is 29.2. The largest absolute Gasteiger partial charge is 0.324 e. The van der Waals surface area contributed by atoms with Gasteiger partial charge in [0, 0.05) is 16.1 Å². The molecule has 1 saturated heterocycles. The number of nitro groups is 2. The number of non-ortho nitro benzene ring substituents is 1. The average Bonchev–Trinajstić information content (AvgIpc) is 3.13. The van der Waals surface area contributed by atoms with Crippen molar-refractivity contribution in [2.24, 2.45) is 11.0 Å². The molecule has 1 atom stereocenters. The highest BCUT2D eigenvalue weighted by atomic mass is 35.5. The number of imide groups is 1. The van der Waals surface area contributed by atoms with E-state index in [1.807, 2.05) is 0 Å². The molecular formula is C23H12Cl4N6O7. The zero-order chi connectivity index (χ0) is 29.3. The predicted molar refractivity (Wildman–Crippen MR) is 148 cm³/mol. The van der Waals surface area contributed by atoms with Gasteiger partial charge in [0.05, 0.1) is 37.3 Å². The van der Waals surface area contributed by atoms with Crippen molar-refractivity contribution in [2.75, 3.05) is 15.6 Å². The smallest absolute Gasteiger partial charge is 0.301 e. The molecule has 0 spiro atoms. The van der Waals surface area contributed by atoms with Crippen LogP contribution < -0.4 is 15.6 Å². The quantitative estimate of drug-likeness (QED) is 0.145. The van der Waals surface area contributed by atoms with Crippen LogP contribution in [0.15, 0.2) is 59.7 Å². The number of nitrogens with one attached hydrogen (secondary N) is 2. The monoisotopic (exact) mass is 624 g/mol. The van der Waals surface area contributed by atoms with Crippen molar-refractivity contribution in [1.82, 2.24) is 0 Å². The predicted octanol–water partition coefficient (Wildman–Crippen LogP) is 5.71.